The van der Waals surface area contributed by atoms with Crippen LogP contribution in [0.1, 0.15) is 11.1 Å². The van der Waals surface area contributed by atoms with Crippen LogP contribution in [0.15, 0.2) is 30.5 Å². The Morgan fingerprint density at radius 1 is 1.10 bits per heavy atom. The van der Waals surface area contributed by atoms with E-state index in [1.807, 2.05) is 32.3 Å². The molecule has 5 rings (SSSR count). The van der Waals surface area contributed by atoms with Gasteiger partial charge in [-0.2, -0.15) is 5.10 Å². The minimum atomic E-state index is 0.193. The fourth-order valence-electron chi connectivity index (χ4n) is 4.35. The summed E-state index contributed by atoms with van der Waals surface area (Å²) in [6, 6.07) is 8.01. The van der Waals surface area contributed by atoms with Gasteiger partial charge < -0.3 is 15.3 Å². The molecule has 0 unspecified atom stereocenters. The Kier molecular flexibility index (Phi) is 4.56. The highest BCUT2D eigenvalue weighted by Gasteiger charge is 2.18. The summed E-state index contributed by atoms with van der Waals surface area (Å²) < 4.78 is 1.75. The van der Waals surface area contributed by atoms with Gasteiger partial charge in [0.05, 0.1) is 21.7 Å². The maximum atomic E-state index is 10.8. The molecule has 0 radical (unpaired) electrons. The molecule has 1 fully saturated rings. The molecule has 2 aromatic heterocycles. The van der Waals surface area contributed by atoms with Crippen LogP contribution >= 0.6 is 11.6 Å². The summed E-state index contributed by atoms with van der Waals surface area (Å²) in [6.07, 6.45) is 1.94. The van der Waals surface area contributed by atoms with E-state index in [-0.39, 0.29) is 5.75 Å². The third-order valence-corrected chi connectivity index (χ3v) is 6.24. The van der Waals surface area contributed by atoms with Gasteiger partial charge in [0.15, 0.2) is 0 Å². The number of phenolic OH excluding ortho intramolecular Hbond substituents is 1. The molecular weight excluding hydrogens is 398 g/mol. The van der Waals surface area contributed by atoms with E-state index in [1.54, 1.807) is 4.68 Å². The molecule has 0 bridgehead atoms. The first-order valence-electron chi connectivity index (χ1n) is 10.2. The summed E-state index contributed by atoms with van der Waals surface area (Å²) in [5.74, 6) is 0.193. The Labute approximate surface area is 180 Å². The molecule has 0 amide bonds. The molecule has 0 atom stereocenters. The van der Waals surface area contributed by atoms with Crippen LogP contribution in [0.5, 0.6) is 5.75 Å². The highest BCUT2D eigenvalue weighted by Crippen LogP contribution is 2.39. The zero-order chi connectivity index (χ0) is 21.0. The van der Waals surface area contributed by atoms with E-state index in [2.05, 4.69) is 34.4 Å². The molecule has 0 aliphatic carbocycles. The Morgan fingerprint density at radius 3 is 2.63 bits per heavy atom. The number of fused-ring (bicyclic) bond motifs is 2. The van der Waals surface area contributed by atoms with Crippen LogP contribution < -0.4 is 10.2 Å². The Balaban J connectivity index is 1.66. The molecule has 0 spiro atoms. The second kappa shape index (κ2) is 7.15. The summed E-state index contributed by atoms with van der Waals surface area (Å²) in [6.45, 7) is 7.92. The standard InChI is InChI=1S/C23H24ClN5O/c1-13-8-19-16(10-21(13)29-6-4-25-5-7-29)18(24)11-20(26-19)17-9-15-12-28(3)27-22(15)14(2)23(17)30/h8-12,25,30H,4-7H2,1-3H3. The molecule has 3 heterocycles. The third kappa shape index (κ3) is 3.07. The number of nitrogens with zero attached hydrogens (tertiary/aromatic N) is 4. The van der Waals surface area contributed by atoms with Crippen molar-refractivity contribution in [2.24, 2.45) is 7.05 Å². The number of anilines is 1. The Bertz CT molecular complexity index is 1290. The second-order valence-corrected chi connectivity index (χ2v) is 8.43. The zero-order valence-corrected chi connectivity index (χ0v) is 18.1. The van der Waals surface area contributed by atoms with Gasteiger partial charge in [0.2, 0.25) is 0 Å². The number of halogens is 1. The first kappa shape index (κ1) is 19.2. The summed E-state index contributed by atoms with van der Waals surface area (Å²) in [7, 11) is 1.88. The van der Waals surface area contributed by atoms with Gasteiger partial charge in [-0.1, -0.05) is 11.6 Å². The van der Waals surface area contributed by atoms with E-state index in [9.17, 15) is 5.11 Å². The molecule has 1 aliphatic rings. The number of hydrogen-bond acceptors (Lipinski definition) is 5. The van der Waals surface area contributed by atoms with Gasteiger partial charge in [-0.15, -0.1) is 0 Å². The van der Waals surface area contributed by atoms with Crippen molar-refractivity contribution in [3.05, 3.63) is 46.6 Å². The maximum absolute atomic E-state index is 10.8. The first-order chi connectivity index (χ1) is 14.4. The third-order valence-electron chi connectivity index (χ3n) is 5.93. The highest BCUT2D eigenvalue weighted by molar-refractivity contribution is 6.35. The molecule has 4 aromatic rings. The van der Waals surface area contributed by atoms with Gasteiger partial charge in [0, 0.05) is 67.0 Å². The van der Waals surface area contributed by atoms with Crippen molar-refractivity contribution in [1.82, 2.24) is 20.1 Å². The van der Waals surface area contributed by atoms with Crippen LogP contribution in [0.25, 0.3) is 33.1 Å². The summed E-state index contributed by atoms with van der Waals surface area (Å²) >= 11 is 6.72. The average Bonchev–Trinajstić information content (AvgIpc) is 3.11. The minimum Gasteiger partial charge on any atom is -0.507 e. The fourth-order valence-corrected chi connectivity index (χ4v) is 4.60. The maximum Gasteiger partial charge on any atom is 0.130 e. The lowest BCUT2D eigenvalue weighted by Crippen LogP contribution is -2.43. The number of nitrogens with one attached hydrogen (secondary N) is 1. The number of pyridine rings is 1. The number of phenols is 1. The van der Waals surface area contributed by atoms with Gasteiger partial charge in [-0.25, -0.2) is 4.98 Å². The summed E-state index contributed by atoms with van der Waals surface area (Å²) in [4.78, 5) is 7.26. The van der Waals surface area contributed by atoms with Crippen molar-refractivity contribution in [2.75, 3.05) is 31.1 Å². The minimum absolute atomic E-state index is 0.193. The lowest BCUT2D eigenvalue weighted by atomic mass is 10.0. The molecule has 154 valence electrons. The number of benzene rings is 2. The molecular formula is C23H24ClN5O. The topological polar surface area (TPSA) is 66.2 Å². The number of aromatic nitrogens is 3. The largest absolute Gasteiger partial charge is 0.507 e. The number of aryl methyl sites for hydroxylation is 3. The number of rotatable bonds is 2. The SMILES string of the molecule is Cc1cc2nc(-c3cc4cn(C)nc4c(C)c3O)cc(Cl)c2cc1N1CCNCC1. The Hall–Kier alpha value is -2.83. The molecule has 6 nitrogen and oxygen atoms in total. The quantitative estimate of drug-likeness (QED) is 0.508. The molecule has 2 aromatic carbocycles. The predicted molar refractivity (Wildman–Crippen MR) is 123 cm³/mol. The monoisotopic (exact) mass is 421 g/mol. The van der Waals surface area contributed by atoms with E-state index < -0.39 is 0 Å². The zero-order valence-electron chi connectivity index (χ0n) is 17.3. The van der Waals surface area contributed by atoms with Gasteiger partial charge in [0.1, 0.15) is 5.75 Å². The van der Waals surface area contributed by atoms with E-state index in [1.165, 1.54) is 11.3 Å². The molecule has 7 heteroatoms. The molecule has 1 aliphatic heterocycles. The smallest absolute Gasteiger partial charge is 0.130 e. The number of aromatic hydroxyl groups is 1. The molecule has 1 saturated heterocycles. The van der Waals surface area contributed by atoms with Crippen molar-refractivity contribution < 1.29 is 5.11 Å². The van der Waals surface area contributed by atoms with Gasteiger partial charge in [-0.3, -0.25) is 4.68 Å². The van der Waals surface area contributed by atoms with E-state index >= 15 is 0 Å². The van der Waals surface area contributed by atoms with Gasteiger partial charge in [0.25, 0.3) is 0 Å². The predicted octanol–water partition coefficient (Wildman–Crippen LogP) is 4.17. The fraction of sp³-hybridized carbons (Fsp3) is 0.304. The Morgan fingerprint density at radius 2 is 1.87 bits per heavy atom. The number of piperazine rings is 1. The second-order valence-electron chi connectivity index (χ2n) is 8.02. The lowest BCUT2D eigenvalue weighted by molar-refractivity contribution is 0.474. The highest BCUT2D eigenvalue weighted by atomic mass is 35.5. The summed E-state index contributed by atoms with van der Waals surface area (Å²) in [5.41, 5.74) is 6.07. The number of hydrogen-bond donors (Lipinski definition) is 2. The first-order valence-corrected chi connectivity index (χ1v) is 10.5. The van der Waals surface area contributed by atoms with Crippen LogP contribution in [0.4, 0.5) is 5.69 Å². The van der Waals surface area contributed by atoms with Crippen molar-refractivity contribution in [3.63, 3.8) is 0 Å². The van der Waals surface area contributed by atoms with Crippen molar-refractivity contribution in [1.29, 1.82) is 0 Å². The van der Waals surface area contributed by atoms with Gasteiger partial charge in [-0.05, 0) is 43.7 Å². The van der Waals surface area contributed by atoms with Crippen molar-refractivity contribution >= 4 is 39.1 Å². The van der Waals surface area contributed by atoms with Crippen molar-refractivity contribution in [3.8, 4) is 17.0 Å². The average molecular weight is 422 g/mol. The van der Waals surface area contributed by atoms with Crippen LogP contribution in [0.2, 0.25) is 5.02 Å². The normalized spacial score (nSPS) is 14.7. The van der Waals surface area contributed by atoms with Crippen LogP contribution in [-0.2, 0) is 7.05 Å². The van der Waals surface area contributed by atoms with E-state index in [4.69, 9.17) is 16.6 Å². The van der Waals surface area contributed by atoms with E-state index in [0.717, 1.165) is 53.5 Å². The molecule has 30 heavy (non-hydrogen) atoms. The van der Waals surface area contributed by atoms with Crippen LogP contribution in [-0.4, -0.2) is 46.1 Å². The van der Waals surface area contributed by atoms with Crippen LogP contribution in [0.3, 0.4) is 0 Å². The summed E-state index contributed by atoms with van der Waals surface area (Å²) in [5, 5.41) is 21.2. The molecule has 2 N–H and O–H groups in total. The molecule has 0 saturated carbocycles. The van der Waals surface area contributed by atoms with E-state index in [0.29, 0.717) is 16.3 Å². The van der Waals surface area contributed by atoms with Crippen molar-refractivity contribution in [2.45, 2.75) is 13.8 Å². The van der Waals surface area contributed by atoms with Crippen LogP contribution in [0, 0.1) is 13.8 Å². The van der Waals surface area contributed by atoms with Gasteiger partial charge >= 0.3 is 0 Å². The lowest BCUT2D eigenvalue weighted by Gasteiger charge is -2.31.